The second kappa shape index (κ2) is 4.87. The molecule has 1 fully saturated rings. The van der Waals surface area contributed by atoms with Crippen molar-refractivity contribution >= 4 is 0 Å². The predicted octanol–water partition coefficient (Wildman–Crippen LogP) is 2.39. The Labute approximate surface area is 102 Å². The third-order valence-electron chi connectivity index (χ3n) is 3.62. The van der Waals surface area contributed by atoms with Crippen LogP contribution in [-0.2, 0) is 4.74 Å². The Morgan fingerprint density at radius 2 is 2.12 bits per heavy atom. The second-order valence-corrected chi connectivity index (χ2v) is 4.85. The molecule has 1 N–H and O–H groups in total. The summed E-state index contributed by atoms with van der Waals surface area (Å²) >= 11 is 0. The van der Waals surface area contributed by atoms with Crippen molar-refractivity contribution in [2.75, 3.05) is 13.7 Å². The summed E-state index contributed by atoms with van der Waals surface area (Å²) in [6.45, 7) is 3.12. The number of ether oxygens (including phenoxy) is 1. The van der Waals surface area contributed by atoms with Gasteiger partial charge in [-0.1, -0.05) is 12.1 Å². The van der Waals surface area contributed by atoms with Gasteiger partial charge >= 0.3 is 0 Å². The Balaban J connectivity index is 2.14. The maximum absolute atomic E-state index is 8.77. The monoisotopic (exact) mass is 230 g/mol. The van der Waals surface area contributed by atoms with E-state index in [2.05, 4.69) is 18.3 Å². The lowest BCUT2D eigenvalue weighted by atomic mass is 9.86. The highest BCUT2D eigenvalue weighted by atomic mass is 16.5. The molecule has 0 aliphatic carbocycles. The van der Waals surface area contributed by atoms with E-state index in [1.54, 1.807) is 7.11 Å². The molecule has 0 saturated carbocycles. The van der Waals surface area contributed by atoms with Gasteiger partial charge in [-0.15, -0.1) is 0 Å². The number of rotatable bonds is 2. The zero-order chi connectivity index (χ0) is 12.3. The fourth-order valence-electron chi connectivity index (χ4n) is 2.33. The molecule has 0 aromatic heterocycles. The number of nitriles is 1. The van der Waals surface area contributed by atoms with Crippen LogP contribution in [0.15, 0.2) is 24.3 Å². The Morgan fingerprint density at radius 1 is 1.41 bits per heavy atom. The SMILES string of the molecule is CO[C@]1(C)CCN[C@@H](c2ccc(C#N)cc2)C1. The number of nitrogens with one attached hydrogen (secondary N) is 1. The van der Waals surface area contributed by atoms with Gasteiger partial charge in [-0.05, 0) is 44.0 Å². The first-order chi connectivity index (χ1) is 8.17. The molecule has 2 rings (SSSR count). The molecule has 2 atom stereocenters. The van der Waals surface area contributed by atoms with E-state index in [0.717, 1.165) is 19.4 Å². The van der Waals surface area contributed by atoms with Crippen LogP contribution >= 0.6 is 0 Å². The summed E-state index contributed by atoms with van der Waals surface area (Å²) in [5.74, 6) is 0. The van der Waals surface area contributed by atoms with Crippen LogP contribution in [0.3, 0.4) is 0 Å². The molecule has 3 nitrogen and oxygen atoms in total. The van der Waals surface area contributed by atoms with Gasteiger partial charge in [0.1, 0.15) is 0 Å². The molecule has 0 unspecified atom stereocenters. The molecule has 1 aromatic carbocycles. The van der Waals surface area contributed by atoms with E-state index in [1.807, 2.05) is 24.3 Å². The van der Waals surface area contributed by atoms with Gasteiger partial charge in [0, 0.05) is 13.2 Å². The number of nitrogens with zero attached hydrogens (tertiary/aromatic N) is 1. The molecule has 90 valence electrons. The van der Waals surface area contributed by atoms with Crippen molar-refractivity contribution in [2.45, 2.75) is 31.4 Å². The third-order valence-corrected chi connectivity index (χ3v) is 3.62. The Kier molecular flexibility index (Phi) is 3.46. The molecule has 1 aliphatic rings. The normalized spacial score (nSPS) is 28.6. The quantitative estimate of drug-likeness (QED) is 0.848. The van der Waals surface area contributed by atoms with E-state index < -0.39 is 0 Å². The third kappa shape index (κ3) is 2.66. The second-order valence-electron chi connectivity index (χ2n) is 4.85. The topological polar surface area (TPSA) is 45.0 Å². The van der Waals surface area contributed by atoms with E-state index in [4.69, 9.17) is 10.00 Å². The lowest BCUT2D eigenvalue weighted by Gasteiger charge is -2.38. The smallest absolute Gasteiger partial charge is 0.0991 e. The number of piperidine rings is 1. The largest absolute Gasteiger partial charge is 0.378 e. The summed E-state index contributed by atoms with van der Waals surface area (Å²) in [5.41, 5.74) is 1.90. The van der Waals surface area contributed by atoms with E-state index in [-0.39, 0.29) is 5.60 Å². The van der Waals surface area contributed by atoms with Gasteiger partial charge in [0.25, 0.3) is 0 Å². The first kappa shape index (κ1) is 12.1. The van der Waals surface area contributed by atoms with Crippen LogP contribution < -0.4 is 5.32 Å². The molecule has 0 radical (unpaired) electrons. The Bertz CT molecular complexity index is 421. The van der Waals surface area contributed by atoms with E-state index in [1.165, 1.54) is 5.56 Å². The van der Waals surface area contributed by atoms with Crippen LogP contribution in [0.25, 0.3) is 0 Å². The van der Waals surface area contributed by atoms with Crippen molar-refractivity contribution in [1.29, 1.82) is 5.26 Å². The number of methoxy groups -OCH3 is 1. The van der Waals surface area contributed by atoms with E-state index in [0.29, 0.717) is 11.6 Å². The maximum atomic E-state index is 8.77. The highest BCUT2D eigenvalue weighted by Crippen LogP contribution is 2.32. The minimum absolute atomic E-state index is 0.0379. The van der Waals surface area contributed by atoms with E-state index in [9.17, 15) is 0 Å². The van der Waals surface area contributed by atoms with Crippen molar-refractivity contribution in [1.82, 2.24) is 5.32 Å². The molecule has 1 aromatic rings. The van der Waals surface area contributed by atoms with Gasteiger partial charge in [0.2, 0.25) is 0 Å². The Hall–Kier alpha value is -1.37. The van der Waals surface area contributed by atoms with Crippen molar-refractivity contribution in [2.24, 2.45) is 0 Å². The molecule has 0 spiro atoms. The average molecular weight is 230 g/mol. The van der Waals surface area contributed by atoms with Crippen LogP contribution in [0.5, 0.6) is 0 Å². The molecule has 1 heterocycles. The molecular formula is C14H18N2O. The van der Waals surface area contributed by atoms with Crippen LogP contribution in [0.4, 0.5) is 0 Å². The van der Waals surface area contributed by atoms with Gasteiger partial charge in [-0.2, -0.15) is 5.26 Å². The molecule has 17 heavy (non-hydrogen) atoms. The number of benzene rings is 1. The minimum Gasteiger partial charge on any atom is -0.378 e. The first-order valence-electron chi connectivity index (χ1n) is 5.95. The fraction of sp³-hybridized carbons (Fsp3) is 0.500. The molecule has 1 aliphatic heterocycles. The predicted molar refractivity (Wildman–Crippen MR) is 66.5 cm³/mol. The van der Waals surface area contributed by atoms with Gasteiger partial charge < -0.3 is 10.1 Å². The van der Waals surface area contributed by atoms with E-state index >= 15 is 0 Å². The lowest BCUT2D eigenvalue weighted by Crippen LogP contribution is -2.42. The Morgan fingerprint density at radius 3 is 2.71 bits per heavy atom. The molecule has 1 saturated heterocycles. The van der Waals surface area contributed by atoms with Crippen LogP contribution in [0, 0.1) is 11.3 Å². The number of hydrogen-bond acceptors (Lipinski definition) is 3. The fourth-order valence-corrected chi connectivity index (χ4v) is 2.33. The van der Waals surface area contributed by atoms with Crippen LogP contribution in [0.2, 0.25) is 0 Å². The molecular weight excluding hydrogens is 212 g/mol. The molecule has 0 bridgehead atoms. The molecule has 0 amide bonds. The minimum atomic E-state index is -0.0379. The highest BCUT2D eigenvalue weighted by molar-refractivity contribution is 5.33. The molecule has 3 heteroatoms. The van der Waals surface area contributed by atoms with Crippen LogP contribution in [0.1, 0.15) is 36.9 Å². The van der Waals surface area contributed by atoms with Crippen molar-refractivity contribution < 1.29 is 4.74 Å². The zero-order valence-corrected chi connectivity index (χ0v) is 10.4. The lowest BCUT2D eigenvalue weighted by molar-refractivity contribution is -0.0300. The van der Waals surface area contributed by atoms with Gasteiger partial charge in [0.05, 0.1) is 17.2 Å². The summed E-state index contributed by atoms with van der Waals surface area (Å²) in [5, 5.41) is 12.3. The zero-order valence-electron chi connectivity index (χ0n) is 10.4. The van der Waals surface area contributed by atoms with Crippen molar-refractivity contribution in [3.05, 3.63) is 35.4 Å². The first-order valence-corrected chi connectivity index (χ1v) is 5.95. The summed E-state index contributed by atoms with van der Waals surface area (Å²) in [7, 11) is 1.78. The van der Waals surface area contributed by atoms with Gasteiger partial charge in [0.15, 0.2) is 0 Å². The highest BCUT2D eigenvalue weighted by Gasteiger charge is 2.32. The summed E-state index contributed by atoms with van der Waals surface area (Å²) < 4.78 is 5.58. The summed E-state index contributed by atoms with van der Waals surface area (Å²) in [4.78, 5) is 0. The standard InChI is InChI=1S/C14H18N2O/c1-14(17-2)7-8-16-13(9-14)12-5-3-11(10-15)4-6-12/h3-6,13,16H,7-9H2,1-2H3/t13-,14-/m1/s1. The average Bonchev–Trinajstić information content (AvgIpc) is 2.39. The van der Waals surface area contributed by atoms with Gasteiger partial charge in [-0.25, -0.2) is 0 Å². The maximum Gasteiger partial charge on any atom is 0.0991 e. The van der Waals surface area contributed by atoms with Crippen molar-refractivity contribution in [3.63, 3.8) is 0 Å². The summed E-state index contributed by atoms with van der Waals surface area (Å²) in [6, 6.07) is 10.3. The van der Waals surface area contributed by atoms with Crippen LogP contribution in [-0.4, -0.2) is 19.3 Å². The summed E-state index contributed by atoms with van der Waals surface area (Å²) in [6.07, 6.45) is 2.01. The van der Waals surface area contributed by atoms with Crippen molar-refractivity contribution in [3.8, 4) is 6.07 Å². The number of hydrogen-bond donors (Lipinski definition) is 1. The van der Waals surface area contributed by atoms with Gasteiger partial charge in [-0.3, -0.25) is 0 Å².